The molecule has 6 heteroatoms. The number of rotatable bonds is 5. The Kier molecular flexibility index (Phi) is 4.98. The number of benzene rings is 2. The van der Waals surface area contributed by atoms with Crippen LogP contribution in [-0.2, 0) is 11.2 Å². The zero-order valence-electron chi connectivity index (χ0n) is 15.1. The first-order chi connectivity index (χ1) is 13.2. The molecule has 138 valence electrons. The Balaban J connectivity index is 1.61. The first-order valence-corrected chi connectivity index (χ1v) is 8.93. The minimum Gasteiger partial charge on any atom is -0.382 e. The number of methoxy groups -OCH3 is 1. The topological polar surface area (TPSA) is 50.3 Å². The molecule has 5 nitrogen and oxygen atoms in total. The molecule has 1 aromatic heterocycles. The highest BCUT2D eigenvalue weighted by molar-refractivity contribution is 5.56. The number of hydrogen-bond donors (Lipinski definition) is 1. The lowest BCUT2D eigenvalue weighted by molar-refractivity contribution is 0.174. The number of aromatic nitrogens is 2. The molecule has 0 spiro atoms. The van der Waals surface area contributed by atoms with Crippen molar-refractivity contribution in [1.82, 2.24) is 9.97 Å². The summed E-state index contributed by atoms with van der Waals surface area (Å²) in [6, 6.07) is 16.6. The molecule has 0 fully saturated rings. The molecule has 0 saturated carbocycles. The molecule has 1 aliphatic heterocycles. The second-order valence-corrected chi connectivity index (χ2v) is 6.48. The summed E-state index contributed by atoms with van der Waals surface area (Å²) in [5, 5.41) is 3.13. The molecule has 1 atom stereocenters. The normalized spacial score (nSPS) is 16.1. The van der Waals surface area contributed by atoms with Crippen molar-refractivity contribution >= 4 is 17.5 Å². The van der Waals surface area contributed by atoms with E-state index in [0.29, 0.717) is 12.6 Å². The molecule has 27 heavy (non-hydrogen) atoms. The van der Waals surface area contributed by atoms with Gasteiger partial charge in [0, 0.05) is 25.5 Å². The Morgan fingerprint density at radius 3 is 2.78 bits per heavy atom. The summed E-state index contributed by atoms with van der Waals surface area (Å²) in [6.07, 6.45) is 2.69. The van der Waals surface area contributed by atoms with E-state index in [0.717, 1.165) is 24.5 Å². The first-order valence-electron chi connectivity index (χ1n) is 8.93. The van der Waals surface area contributed by atoms with Crippen LogP contribution in [0, 0.1) is 5.82 Å². The Hall–Kier alpha value is -2.99. The zero-order chi connectivity index (χ0) is 18.6. The van der Waals surface area contributed by atoms with E-state index in [9.17, 15) is 4.39 Å². The van der Waals surface area contributed by atoms with Gasteiger partial charge in [-0.1, -0.05) is 24.3 Å². The predicted octanol–water partition coefficient (Wildman–Crippen LogP) is 4.11. The molecule has 3 aromatic rings. The summed E-state index contributed by atoms with van der Waals surface area (Å²) in [6.45, 7) is 1.44. The fourth-order valence-corrected chi connectivity index (χ4v) is 3.50. The van der Waals surface area contributed by atoms with Gasteiger partial charge in [-0.15, -0.1) is 0 Å². The maximum Gasteiger partial charge on any atom is 0.229 e. The highest BCUT2D eigenvalue weighted by atomic mass is 19.1. The average Bonchev–Trinajstić information content (AvgIpc) is 2.70. The van der Waals surface area contributed by atoms with E-state index in [-0.39, 0.29) is 11.9 Å². The first kappa shape index (κ1) is 17.4. The van der Waals surface area contributed by atoms with Gasteiger partial charge in [-0.3, -0.25) is 0 Å². The van der Waals surface area contributed by atoms with Gasteiger partial charge in [0.1, 0.15) is 11.6 Å². The molecular weight excluding hydrogens is 343 g/mol. The predicted molar refractivity (Wildman–Crippen MR) is 104 cm³/mol. The van der Waals surface area contributed by atoms with E-state index >= 15 is 0 Å². The number of fused-ring (bicyclic) bond motifs is 1. The van der Waals surface area contributed by atoms with E-state index in [1.807, 2.05) is 6.07 Å². The Bertz CT molecular complexity index is 916. The SMILES string of the molecule is COCC1c2ccccc2CCN1c1ccnc(Nc2ccc(F)cc2)n1. The van der Waals surface area contributed by atoms with Crippen molar-refractivity contribution in [2.24, 2.45) is 0 Å². The molecule has 2 heterocycles. The minimum absolute atomic E-state index is 0.105. The fourth-order valence-electron chi connectivity index (χ4n) is 3.50. The van der Waals surface area contributed by atoms with Crippen LogP contribution in [0.25, 0.3) is 0 Å². The van der Waals surface area contributed by atoms with Crippen molar-refractivity contribution in [1.29, 1.82) is 0 Å². The number of ether oxygens (including phenoxy) is 1. The van der Waals surface area contributed by atoms with Crippen molar-refractivity contribution in [2.75, 3.05) is 30.5 Å². The molecule has 0 aliphatic carbocycles. The molecular formula is C21H21FN4O. The summed E-state index contributed by atoms with van der Waals surface area (Å²) >= 11 is 0. The molecule has 4 rings (SSSR count). The fraction of sp³-hybridized carbons (Fsp3) is 0.238. The highest BCUT2D eigenvalue weighted by Gasteiger charge is 2.28. The molecule has 0 amide bonds. The van der Waals surface area contributed by atoms with Crippen molar-refractivity contribution in [3.05, 3.63) is 77.7 Å². The summed E-state index contributed by atoms with van der Waals surface area (Å²) in [4.78, 5) is 11.2. The van der Waals surface area contributed by atoms with Gasteiger partial charge in [0.15, 0.2) is 0 Å². The van der Waals surface area contributed by atoms with Gasteiger partial charge in [0.05, 0.1) is 12.6 Å². The number of halogens is 1. The van der Waals surface area contributed by atoms with Crippen LogP contribution >= 0.6 is 0 Å². The lowest BCUT2D eigenvalue weighted by atomic mass is 9.93. The quantitative estimate of drug-likeness (QED) is 0.738. The van der Waals surface area contributed by atoms with Gasteiger partial charge in [0.2, 0.25) is 5.95 Å². The number of nitrogens with zero attached hydrogens (tertiary/aromatic N) is 3. The second-order valence-electron chi connectivity index (χ2n) is 6.48. The van der Waals surface area contributed by atoms with Crippen LogP contribution in [0.3, 0.4) is 0 Å². The summed E-state index contributed by atoms with van der Waals surface area (Å²) in [7, 11) is 1.72. The van der Waals surface area contributed by atoms with Crippen molar-refractivity contribution in [2.45, 2.75) is 12.5 Å². The van der Waals surface area contributed by atoms with Gasteiger partial charge >= 0.3 is 0 Å². The largest absolute Gasteiger partial charge is 0.382 e. The Morgan fingerprint density at radius 1 is 1.15 bits per heavy atom. The maximum absolute atomic E-state index is 13.1. The third kappa shape index (κ3) is 3.75. The lowest BCUT2D eigenvalue weighted by Crippen LogP contribution is -2.38. The van der Waals surface area contributed by atoms with Crippen molar-refractivity contribution in [3.8, 4) is 0 Å². The van der Waals surface area contributed by atoms with Crippen LogP contribution in [0.1, 0.15) is 17.2 Å². The maximum atomic E-state index is 13.1. The summed E-state index contributed by atoms with van der Waals surface area (Å²) in [5.74, 6) is 1.05. The van der Waals surface area contributed by atoms with Gasteiger partial charge in [-0.05, 0) is 47.9 Å². The second kappa shape index (κ2) is 7.72. The molecule has 1 aliphatic rings. The molecule has 0 radical (unpaired) electrons. The van der Waals surface area contributed by atoms with Crippen LogP contribution in [0.5, 0.6) is 0 Å². The van der Waals surface area contributed by atoms with Crippen LogP contribution in [0.4, 0.5) is 21.8 Å². The summed E-state index contributed by atoms with van der Waals surface area (Å²) in [5.41, 5.74) is 3.37. The van der Waals surface area contributed by atoms with Crippen LogP contribution in [-0.4, -0.2) is 30.2 Å². The molecule has 1 N–H and O–H groups in total. The average molecular weight is 364 g/mol. The minimum atomic E-state index is -0.274. The zero-order valence-corrected chi connectivity index (χ0v) is 15.1. The molecule has 0 saturated heterocycles. The van der Waals surface area contributed by atoms with Crippen molar-refractivity contribution in [3.63, 3.8) is 0 Å². The number of nitrogens with one attached hydrogen (secondary N) is 1. The van der Waals surface area contributed by atoms with Crippen LogP contribution < -0.4 is 10.2 Å². The third-order valence-corrected chi connectivity index (χ3v) is 4.77. The Labute approximate surface area is 157 Å². The smallest absolute Gasteiger partial charge is 0.229 e. The van der Waals surface area contributed by atoms with Crippen LogP contribution in [0.15, 0.2) is 60.8 Å². The monoisotopic (exact) mass is 364 g/mol. The summed E-state index contributed by atoms with van der Waals surface area (Å²) < 4.78 is 18.6. The van der Waals surface area contributed by atoms with E-state index in [2.05, 4.69) is 44.5 Å². The van der Waals surface area contributed by atoms with Gasteiger partial charge in [-0.2, -0.15) is 4.98 Å². The number of hydrogen-bond acceptors (Lipinski definition) is 5. The van der Waals surface area contributed by atoms with Crippen molar-refractivity contribution < 1.29 is 9.13 Å². The van der Waals surface area contributed by atoms with E-state index in [1.54, 1.807) is 25.4 Å². The van der Waals surface area contributed by atoms with Gasteiger partial charge < -0.3 is 15.0 Å². The molecule has 1 unspecified atom stereocenters. The lowest BCUT2D eigenvalue weighted by Gasteiger charge is -2.37. The third-order valence-electron chi connectivity index (χ3n) is 4.77. The molecule has 0 bridgehead atoms. The van der Waals surface area contributed by atoms with Gasteiger partial charge in [-0.25, -0.2) is 9.37 Å². The van der Waals surface area contributed by atoms with E-state index < -0.39 is 0 Å². The van der Waals surface area contributed by atoms with E-state index in [1.165, 1.54) is 23.3 Å². The Morgan fingerprint density at radius 2 is 1.96 bits per heavy atom. The van der Waals surface area contributed by atoms with Gasteiger partial charge in [0.25, 0.3) is 0 Å². The standard InChI is InChI=1S/C21H21FN4O/c1-27-14-19-18-5-3-2-4-15(18)11-13-26(19)20-10-12-23-21(25-20)24-17-8-6-16(22)7-9-17/h2-10,12,19H,11,13-14H2,1H3,(H,23,24,25). The number of anilines is 3. The van der Waals surface area contributed by atoms with Crippen LogP contribution in [0.2, 0.25) is 0 Å². The van der Waals surface area contributed by atoms with E-state index in [4.69, 9.17) is 4.74 Å². The highest BCUT2D eigenvalue weighted by Crippen LogP contribution is 2.33. The molecule has 2 aromatic carbocycles.